The predicted molar refractivity (Wildman–Crippen MR) is 103 cm³/mol. The van der Waals surface area contributed by atoms with Crippen LogP contribution in [-0.4, -0.2) is 50.3 Å². The third-order valence-corrected chi connectivity index (χ3v) is 4.14. The second-order valence-corrected chi connectivity index (χ2v) is 6.04. The fourth-order valence-electron chi connectivity index (χ4n) is 2.97. The van der Waals surface area contributed by atoms with Gasteiger partial charge >= 0.3 is 23.9 Å². The Morgan fingerprint density at radius 3 is 1.23 bits per heavy atom. The first-order valence-electron chi connectivity index (χ1n) is 9.74. The van der Waals surface area contributed by atoms with Gasteiger partial charge in [0.05, 0.1) is 26.4 Å². The molecule has 1 aromatic rings. The van der Waals surface area contributed by atoms with Gasteiger partial charge in [0, 0.05) is 5.92 Å². The van der Waals surface area contributed by atoms with E-state index in [-0.39, 0.29) is 32.0 Å². The van der Waals surface area contributed by atoms with E-state index in [1.807, 2.05) is 0 Å². The van der Waals surface area contributed by atoms with E-state index in [1.54, 1.807) is 27.7 Å². The van der Waals surface area contributed by atoms with E-state index in [4.69, 9.17) is 18.9 Å². The standard InChI is InChI=1S/C21H27FO8/c1-5-27-18(23)16(19(24)28-6-2)15(13-9-11-14(22)12-10-13)17(20(25)29-7-3)21(26)30-8-4/h9-12,15-17H,5-8H2,1-4H3. The van der Waals surface area contributed by atoms with Crippen molar-refractivity contribution in [1.82, 2.24) is 0 Å². The van der Waals surface area contributed by atoms with E-state index in [0.29, 0.717) is 0 Å². The van der Waals surface area contributed by atoms with Crippen molar-refractivity contribution in [3.63, 3.8) is 0 Å². The molecule has 0 aliphatic rings. The molecule has 9 heteroatoms. The molecular formula is C21H27FO8. The minimum Gasteiger partial charge on any atom is -0.465 e. The lowest BCUT2D eigenvalue weighted by atomic mass is 9.76. The quantitative estimate of drug-likeness (QED) is 0.302. The van der Waals surface area contributed by atoms with Crippen LogP contribution in [0.4, 0.5) is 4.39 Å². The summed E-state index contributed by atoms with van der Waals surface area (Å²) in [6.07, 6.45) is 0. The third kappa shape index (κ3) is 6.53. The maximum Gasteiger partial charge on any atom is 0.320 e. The highest BCUT2D eigenvalue weighted by molar-refractivity contribution is 6.01. The van der Waals surface area contributed by atoms with Gasteiger partial charge in [0.15, 0.2) is 11.8 Å². The third-order valence-electron chi connectivity index (χ3n) is 4.14. The lowest BCUT2D eigenvalue weighted by Crippen LogP contribution is -2.43. The predicted octanol–water partition coefficient (Wildman–Crippen LogP) is 2.39. The summed E-state index contributed by atoms with van der Waals surface area (Å²) in [6.45, 7) is 5.98. The fraction of sp³-hybridized carbons (Fsp3) is 0.524. The lowest BCUT2D eigenvalue weighted by molar-refractivity contribution is -0.169. The first-order valence-corrected chi connectivity index (χ1v) is 9.74. The highest BCUT2D eigenvalue weighted by Crippen LogP contribution is 2.36. The molecule has 0 spiro atoms. The normalized spacial score (nSPS) is 10.8. The van der Waals surface area contributed by atoms with Crippen LogP contribution in [0.25, 0.3) is 0 Å². The zero-order chi connectivity index (χ0) is 22.7. The van der Waals surface area contributed by atoms with Crippen molar-refractivity contribution in [1.29, 1.82) is 0 Å². The molecule has 0 aliphatic heterocycles. The van der Waals surface area contributed by atoms with E-state index in [9.17, 15) is 23.6 Å². The minimum atomic E-state index is -1.67. The minimum absolute atomic E-state index is 0.0473. The largest absolute Gasteiger partial charge is 0.465 e. The first kappa shape index (κ1) is 25.1. The number of ether oxygens (including phenoxy) is 4. The van der Waals surface area contributed by atoms with E-state index in [1.165, 1.54) is 12.1 Å². The molecule has 8 nitrogen and oxygen atoms in total. The first-order chi connectivity index (χ1) is 14.3. The van der Waals surface area contributed by atoms with Gasteiger partial charge in [-0.3, -0.25) is 19.2 Å². The zero-order valence-electron chi connectivity index (χ0n) is 17.5. The molecule has 0 fully saturated rings. The molecule has 0 amide bonds. The topological polar surface area (TPSA) is 105 Å². The smallest absolute Gasteiger partial charge is 0.320 e. The number of hydrogen-bond donors (Lipinski definition) is 0. The van der Waals surface area contributed by atoms with Gasteiger partial charge in [-0.05, 0) is 45.4 Å². The van der Waals surface area contributed by atoms with Crippen LogP contribution in [-0.2, 0) is 38.1 Å². The molecular weight excluding hydrogens is 399 g/mol. The van der Waals surface area contributed by atoms with Gasteiger partial charge in [-0.1, -0.05) is 12.1 Å². The summed E-state index contributed by atoms with van der Waals surface area (Å²) in [5.41, 5.74) is 0.175. The second kappa shape index (κ2) is 12.6. The highest BCUT2D eigenvalue weighted by atomic mass is 19.1. The molecule has 1 aromatic carbocycles. The Hall–Kier alpha value is -2.97. The van der Waals surface area contributed by atoms with Crippen molar-refractivity contribution >= 4 is 23.9 Å². The van der Waals surface area contributed by atoms with Crippen LogP contribution < -0.4 is 0 Å². The summed E-state index contributed by atoms with van der Waals surface area (Å²) in [4.78, 5) is 50.8. The van der Waals surface area contributed by atoms with Crippen molar-refractivity contribution in [2.45, 2.75) is 33.6 Å². The summed E-state index contributed by atoms with van der Waals surface area (Å²) in [5, 5.41) is 0. The average Bonchev–Trinajstić information content (AvgIpc) is 2.69. The summed E-state index contributed by atoms with van der Waals surface area (Å²) in [6, 6.07) is 4.72. The second-order valence-electron chi connectivity index (χ2n) is 6.04. The van der Waals surface area contributed by atoms with Crippen molar-refractivity contribution in [2.24, 2.45) is 11.8 Å². The van der Waals surface area contributed by atoms with Gasteiger partial charge in [0.25, 0.3) is 0 Å². The lowest BCUT2D eigenvalue weighted by Gasteiger charge is -2.29. The van der Waals surface area contributed by atoms with Gasteiger partial charge in [0.2, 0.25) is 0 Å². The Bertz CT molecular complexity index is 655. The van der Waals surface area contributed by atoms with E-state index in [0.717, 1.165) is 12.1 Å². The number of esters is 4. The molecule has 0 aromatic heterocycles. The molecule has 0 atom stereocenters. The van der Waals surface area contributed by atoms with Crippen molar-refractivity contribution < 1.29 is 42.5 Å². The number of hydrogen-bond acceptors (Lipinski definition) is 8. The van der Waals surface area contributed by atoms with Gasteiger partial charge in [-0.25, -0.2) is 4.39 Å². The number of benzene rings is 1. The molecule has 0 saturated carbocycles. The fourth-order valence-corrected chi connectivity index (χ4v) is 2.97. The number of halogens is 1. The van der Waals surface area contributed by atoms with Gasteiger partial charge in [-0.15, -0.1) is 0 Å². The molecule has 0 unspecified atom stereocenters. The Morgan fingerprint density at radius 2 is 0.967 bits per heavy atom. The summed E-state index contributed by atoms with van der Waals surface area (Å²) in [5.74, 6) is -9.24. The molecule has 0 radical (unpaired) electrons. The average molecular weight is 426 g/mol. The van der Waals surface area contributed by atoms with Crippen molar-refractivity contribution in [3.8, 4) is 0 Å². The number of carbonyl (C=O) groups excluding carboxylic acids is 4. The van der Waals surface area contributed by atoms with Crippen LogP contribution in [0.3, 0.4) is 0 Å². The van der Waals surface area contributed by atoms with Crippen LogP contribution in [0.5, 0.6) is 0 Å². The summed E-state index contributed by atoms with van der Waals surface area (Å²) >= 11 is 0. The van der Waals surface area contributed by atoms with Crippen molar-refractivity contribution in [3.05, 3.63) is 35.6 Å². The zero-order valence-corrected chi connectivity index (χ0v) is 17.5. The number of carbonyl (C=O) groups is 4. The maximum atomic E-state index is 13.5. The summed E-state index contributed by atoms with van der Waals surface area (Å²) in [7, 11) is 0. The van der Waals surface area contributed by atoms with Crippen molar-refractivity contribution in [2.75, 3.05) is 26.4 Å². The molecule has 0 aliphatic carbocycles. The molecule has 0 N–H and O–H groups in total. The maximum absolute atomic E-state index is 13.5. The molecule has 1 rings (SSSR count). The molecule has 30 heavy (non-hydrogen) atoms. The highest BCUT2D eigenvalue weighted by Gasteiger charge is 2.49. The molecule has 0 bridgehead atoms. The van der Waals surface area contributed by atoms with E-state index >= 15 is 0 Å². The SMILES string of the molecule is CCOC(=O)C(C(=O)OCC)C(c1ccc(F)cc1)C(C(=O)OCC)C(=O)OCC. The molecule has 0 saturated heterocycles. The van der Waals surface area contributed by atoms with Crippen LogP contribution in [0.15, 0.2) is 24.3 Å². The van der Waals surface area contributed by atoms with Crippen LogP contribution in [0.2, 0.25) is 0 Å². The van der Waals surface area contributed by atoms with Gasteiger partial charge < -0.3 is 18.9 Å². The van der Waals surface area contributed by atoms with Crippen LogP contribution in [0, 0.1) is 17.7 Å². The van der Waals surface area contributed by atoms with E-state index in [2.05, 4.69) is 0 Å². The van der Waals surface area contributed by atoms with Gasteiger partial charge in [-0.2, -0.15) is 0 Å². The van der Waals surface area contributed by atoms with Crippen LogP contribution in [0.1, 0.15) is 39.2 Å². The van der Waals surface area contributed by atoms with Gasteiger partial charge in [0.1, 0.15) is 5.82 Å². The number of rotatable bonds is 11. The summed E-state index contributed by atoms with van der Waals surface area (Å²) < 4.78 is 33.5. The Kier molecular flexibility index (Phi) is 10.5. The van der Waals surface area contributed by atoms with Crippen LogP contribution >= 0.6 is 0 Å². The monoisotopic (exact) mass is 426 g/mol. The molecule has 166 valence electrons. The Labute approximate surface area is 174 Å². The Balaban J connectivity index is 3.68. The van der Waals surface area contributed by atoms with E-state index < -0.39 is 47.4 Å². The Morgan fingerprint density at radius 1 is 0.667 bits per heavy atom. The molecule has 0 heterocycles.